The van der Waals surface area contributed by atoms with Crippen LogP contribution >= 0.6 is 0 Å². The Hall–Kier alpha value is -2.94. The van der Waals surface area contributed by atoms with E-state index < -0.39 is 26.4 Å². The molecule has 5 rings (SSSR count). The number of likely N-dealkylation sites (tertiary alicyclic amines) is 1. The standard InChI is InChI=1S/C27H30N2O5S/c1-17-9-10-20(30)14-22(17)26-11-12-29(3)18(2)27(26,32)15-19-13-24(25(31)28-23(19)16-26)35(33,34)21-7-5-4-6-8-21/h4-10,13-14,18,30,32H,11-12,15-16H2,1-3H3,(H,28,31)/t18-,26-,27-/m1/s1. The first kappa shape index (κ1) is 23.8. The van der Waals surface area contributed by atoms with Crippen LogP contribution in [0.5, 0.6) is 5.75 Å². The third-order valence-corrected chi connectivity index (χ3v) is 10.0. The van der Waals surface area contributed by atoms with E-state index in [9.17, 15) is 23.4 Å². The van der Waals surface area contributed by atoms with Crippen molar-refractivity contribution in [3.05, 3.63) is 87.3 Å². The lowest BCUT2D eigenvalue weighted by Crippen LogP contribution is -2.70. The molecule has 2 aliphatic rings. The third-order valence-electron chi connectivity index (χ3n) is 8.27. The molecule has 3 N–H and O–H groups in total. The molecule has 2 heterocycles. The Labute approximate surface area is 205 Å². The van der Waals surface area contributed by atoms with E-state index >= 15 is 0 Å². The molecule has 0 amide bonds. The molecule has 8 heteroatoms. The molecule has 0 radical (unpaired) electrons. The van der Waals surface area contributed by atoms with E-state index in [2.05, 4.69) is 9.88 Å². The number of pyridine rings is 1. The zero-order chi connectivity index (χ0) is 25.2. The van der Waals surface area contributed by atoms with Crippen LogP contribution in [0.1, 0.15) is 35.7 Å². The number of hydrogen-bond acceptors (Lipinski definition) is 6. The lowest BCUT2D eigenvalue weighted by molar-refractivity contribution is -0.133. The largest absolute Gasteiger partial charge is 0.508 e. The first-order chi connectivity index (χ1) is 16.5. The van der Waals surface area contributed by atoms with Crippen LogP contribution in [0, 0.1) is 6.92 Å². The summed E-state index contributed by atoms with van der Waals surface area (Å²) >= 11 is 0. The minimum Gasteiger partial charge on any atom is -0.508 e. The lowest BCUT2D eigenvalue weighted by Gasteiger charge is -2.59. The fourth-order valence-corrected chi connectivity index (χ4v) is 7.47. The van der Waals surface area contributed by atoms with Crippen LogP contribution in [-0.4, -0.2) is 53.8 Å². The van der Waals surface area contributed by atoms with Gasteiger partial charge in [-0.15, -0.1) is 0 Å². The van der Waals surface area contributed by atoms with Gasteiger partial charge in [-0.1, -0.05) is 24.3 Å². The summed E-state index contributed by atoms with van der Waals surface area (Å²) in [6.45, 7) is 4.67. The van der Waals surface area contributed by atoms with Gasteiger partial charge in [-0.3, -0.25) is 4.79 Å². The molecule has 7 nitrogen and oxygen atoms in total. The van der Waals surface area contributed by atoms with E-state index in [1.807, 2.05) is 27.0 Å². The maximum absolute atomic E-state index is 13.3. The third kappa shape index (κ3) is 3.46. The summed E-state index contributed by atoms with van der Waals surface area (Å²) in [5.74, 6) is 0.123. The molecule has 0 spiro atoms. The van der Waals surface area contributed by atoms with Crippen molar-refractivity contribution in [2.75, 3.05) is 13.6 Å². The lowest BCUT2D eigenvalue weighted by atomic mass is 9.53. The number of H-pyrrole nitrogens is 1. The van der Waals surface area contributed by atoms with Gasteiger partial charge in [-0.2, -0.15) is 0 Å². The Balaban J connectivity index is 1.72. The Kier molecular flexibility index (Phi) is 5.47. The Morgan fingerprint density at radius 3 is 2.51 bits per heavy atom. The molecule has 0 saturated carbocycles. The van der Waals surface area contributed by atoms with Crippen molar-refractivity contribution in [1.82, 2.24) is 9.88 Å². The monoisotopic (exact) mass is 494 g/mol. The molecule has 1 aromatic heterocycles. The molecule has 2 aromatic carbocycles. The van der Waals surface area contributed by atoms with E-state index in [0.717, 1.165) is 17.7 Å². The van der Waals surface area contributed by atoms with Crippen LogP contribution in [0.4, 0.5) is 0 Å². The van der Waals surface area contributed by atoms with Crippen LogP contribution in [-0.2, 0) is 28.1 Å². The number of hydrogen-bond donors (Lipinski definition) is 3. The van der Waals surface area contributed by atoms with Gasteiger partial charge < -0.3 is 20.1 Å². The molecule has 3 atom stereocenters. The van der Waals surface area contributed by atoms with E-state index in [-0.39, 0.29) is 28.0 Å². The van der Waals surface area contributed by atoms with Gasteiger partial charge in [-0.05, 0) is 80.9 Å². The van der Waals surface area contributed by atoms with Gasteiger partial charge in [0.15, 0.2) is 0 Å². The zero-order valence-electron chi connectivity index (χ0n) is 20.1. The summed E-state index contributed by atoms with van der Waals surface area (Å²) < 4.78 is 26.5. The van der Waals surface area contributed by atoms with Gasteiger partial charge in [0, 0.05) is 30.0 Å². The van der Waals surface area contributed by atoms with E-state index in [0.29, 0.717) is 24.1 Å². The predicted molar refractivity (Wildman–Crippen MR) is 133 cm³/mol. The van der Waals surface area contributed by atoms with Crippen LogP contribution in [0.15, 0.2) is 69.2 Å². The number of rotatable bonds is 3. The normalized spacial score (nSPS) is 26.7. The molecule has 0 bridgehead atoms. The molecular weight excluding hydrogens is 464 g/mol. The highest BCUT2D eigenvalue weighted by atomic mass is 32.2. The minimum absolute atomic E-state index is 0.0514. The van der Waals surface area contributed by atoms with Crippen LogP contribution in [0.25, 0.3) is 0 Å². The molecular formula is C27H30N2O5S. The van der Waals surface area contributed by atoms with Crippen LogP contribution < -0.4 is 5.56 Å². The highest BCUT2D eigenvalue weighted by molar-refractivity contribution is 7.91. The number of sulfone groups is 1. The number of aromatic amines is 1. The van der Waals surface area contributed by atoms with Gasteiger partial charge in [0.05, 0.1) is 10.5 Å². The quantitative estimate of drug-likeness (QED) is 0.516. The number of nitrogens with one attached hydrogen (secondary N) is 1. The smallest absolute Gasteiger partial charge is 0.267 e. The number of nitrogens with zero attached hydrogens (tertiary/aromatic N) is 1. The first-order valence-corrected chi connectivity index (χ1v) is 13.3. The number of phenols is 1. The second-order valence-corrected chi connectivity index (χ2v) is 12.0. The van der Waals surface area contributed by atoms with Crippen molar-refractivity contribution in [3.63, 3.8) is 0 Å². The van der Waals surface area contributed by atoms with E-state index in [1.165, 1.54) is 18.2 Å². The fraction of sp³-hybridized carbons (Fsp3) is 0.370. The Morgan fingerprint density at radius 2 is 1.80 bits per heavy atom. The average molecular weight is 495 g/mol. The fourth-order valence-electron chi connectivity index (χ4n) is 6.11. The molecule has 1 aliphatic heterocycles. The van der Waals surface area contributed by atoms with Gasteiger partial charge in [-0.25, -0.2) is 8.42 Å². The SMILES string of the molecule is Cc1ccc(O)cc1[C@]12CCN(C)[C@H](C)[C@]1(O)Cc1cc(S(=O)(=O)c3ccccc3)c(=O)[nH]c1C2. The van der Waals surface area contributed by atoms with Gasteiger partial charge in [0.25, 0.3) is 5.56 Å². The number of aromatic nitrogens is 1. The maximum atomic E-state index is 13.3. The predicted octanol–water partition coefficient (Wildman–Crippen LogP) is 2.71. The summed E-state index contributed by atoms with van der Waals surface area (Å²) in [6.07, 6.45) is 1.14. The molecule has 0 unspecified atom stereocenters. The second kappa shape index (κ2) is 8.05. The van der Waals surface area contributed by atoms with Gasteiger partial charge in [0.2, 0.25) is 9.84 Å². The number of likely N-dealkylation sites (N-methyl/N-ethyl adjacent to an activating group) is 1. The Bertz CT molecular complexity index is 1470. The topological polar surface area (TPSA) is 111 Å². The van der Waals surface area contributed by atoms with E-state index in [1.54, 1.807) is 30.3 Å². The first-order valence-electron chi connectivity index (χ1n) is 11.8. The highest BCUT2D eigenvalue weighted by Gasteiger charge is 2.60. The minimum atomic E-state index is -4.03. The summed E-state index contributed by atoms with van der Waals surface area (Å²) in [5, 5.41) is 22.7. The maximum Gasteiger partial charge on any atom is 0.267 e. The van der Waals surface area contributed by atoms with Crippen molar-refractivity contribution in [1.29, 1.82) is 0 Å². The summed E-state index contributed by atoms with van der Waals surface area (Å²) in [5.41, 5.74) is 0.388. The number of aromatic hydroxyl groups is 1. The van der Waals surface area contributed by atoms with Crippen molar-refractivity contribution in [2.24, 2.45) is 0 Å². The van der Waals surface area contributed by atoms with Crippen LogP contribution in [0.2, 0.25) is 0 Å². The number of phenolic OH excluding ortho intramolecular Hbond substituents is 1. The number of piperidine rings is 1. The van der Waals surface area contributed by atoms with Crippen molar-refractivity contribution in [2.45, 2.75) is 60.0 Å². The summed E-state index contributed by atoms with van der Waals surface area (Å²) in [6, 6.07) is 14.3. The number of aryl methyl sites for hydroxylation is 1. The highest BCUT2D eigenvalue weighted by Crippen LogP contribution is 2.53. The molecule has 35 heavy (non-hydrogen) atoms. The van der Waals surface area contributed by atoms with Crippen molar-refractivity contribution < 1.29 is 18.6 Å². The van der Waals surface area contributed by atoms with Gasteiger partial charge >= 0.3 is 0 Å². The second-order valence-electron chi connectivity index (χ2n) is 10.0. The number of fused-ring (bicyclic) bond motifs is 2. The molecule has 1 saturated heterocycles. The molecule has 3 aromatic rings. The molecule has 1 aliphatic carbocycles. The van der Waals surface area contributed by atoms with E-state index in [4.69, 9.17) is 0 Å². The summed E-state index contributed by atoms with van der Waals surface area (Å²) in [7, 11) is -2.06. The zero-order valence-corrected chi connectivity index (χ0v) is 20.9. The molecule has 184 valence electrons. The molecule has 1 fully saturated rings. The summed E-state index contributed by atoms with van der Waals surface area (Å²) in [4.78, 5) is 17.8. The van der Waals surface area contributed by atoms with Gasteiger partial charge in [0.1, 0.15) is 10.6 Å². The Morgan fingerprint density at radius 1 is 1.09 bits per heavy atom. The average Bonchev–Trinajstić information content (AvgIpc) is 2.83. The van der Waals surface area contributed by atoms with Crippen LogP contribution in [0.3, 0.4) is 0 Å². The van der Waals surface area contributed by atoms with Crippen molar-refractivity contribution in [3.8, 4) is 5.75 Å². The van der Waals surface area contributed by atoms with Crippen molar-refractivity contribution >= 4 is 9.84 Å². The number of benzene rings is 2. The number of aliphatic hydroxyl groups is 1.